The predicted molar refractivity (Wildman–Crippen MR) is 68.5 cm³/mol. The number of hydrogen-bond acceptors (Lipinski definition) is 2. The van der Waals surface area contributed by atoms with Crippen molar-refractivity contribution in [3.05, 3.63) is 12.7 Å². The lowest BCUT2D eigenvalue weighted by molar-refractivity contribution is 0.132. The summed E-state index contributed by atoms with van der Waals surface area (Å²) < 4.78 is 5.93. The molecule has 0 aliphatic carbocycles. The highest BCUT2D eigenvalue weighted by Crippen LogP contribution is 2.44. The summed E-state index contributed by atoms with van der Waals surface area (Å²) in [6.45, 7) is 17.3. The minimum absolute atomic E-state index is 0.202. The van der Waals surface area contributed by atoms with Crippen molar-refractivity contribution in [2.45, 2.75) is 51.9 Å². The molecule has 0 unspecified atom stereocenters. The molecule has 0 heterocycles. The Kier molecular flexibility index (Phi) is 5.24. The van der Waals surface area contributed by atoms with Crippen LogP contribution in [0.3, 0.4) is 0 Å². The van der Waals surface area contributed by atoms with Crippen molar-refractivity contribution < 1.29 is 9.53 Å². The van der Waals surface area contributed by atoms with E-state index in [9.17, 15) is 5.11 Å². The zero-order valence-corrected chi connectivity index (χ0v) is 12.0. The van der Waals surface area contributed by atoms with Crippen molar-refractivity contribution in [2.24, 2.45) is 5.92 Å². The molecule has 0 aromatic heterocycles. The van der Waals surface area contributed by atoms with E-state index in [0.29, 0.717) is 12.5 Å². The highest BCUT2D eigenvalue weighted by Gasteiger charge is 2.43. The van der Waals surface area contributed by atoms with Gasteiger partial charge in [-0.3, -0.25) is 0 Å². The van der Waals surface area contributed by atoms with Gasteiger partial charge in [0.15, 0.2) is 8.32 Å². The van der Waals surface area contributed by atoms with Gasteiger partial charge in [-0.05, 0) is 24.1 Å². The average molecular weight is 230 g/mol. The smallest absolute Gasteiger partial charge is 0.192 e. The van der Waals surface area contributed by atoms with Crippen LogP contribution in [0.2, 0.25) is 18.1 Å². The van der Waals surface area contributed by atoms with Crippen molar-refractivity contribution in [3.63, 3.8) is 0 Å². The van der Waals surface area contributed by atoms with Crippen LogP contribution in [0.1, 0.15) is 27.7 Å². The summed E-state index contributed by atoms with van der Waals surface area (Å²) >= 11 is 0. The SMILES string of the molecule is C=C[C@@H](O)CO[Si](C)(C)C(C)(C)C(C)C. The Labute approximate surface area is 95.5 Å². The first-order valence-electron chi connectivity index (χ1n) is 5.59. The third-order valence-corrected chi connectivity index (χ3v) is 8.45. The Morgan fingerprint density at radius 2 is 1.87 bits per heavy atom. The predicted octanol–water partition coefficient (Wildman–Crippen LogP) is 3.19. The second-order valence-electron chi connectivity index (χ2n) is 5.50. The van der Waals surface area contributed by atoms with E-state index < -0.39 is 14.4 Å². The summed E-state index contributed by atoms with van der Waals surface area (Å²) in [7, 11) is -1.78. The van der Waals surface area contributed by atoms with Gasteiger partial charge in [-0.25, -0.2) is 0 Å². The Morgan fingerprint density at radius 1 is 1.40 bits per heavy atom. The van der Waals surface area contributed by atoms with Crippen LogP contribution in [0.5, 0.6) is 0 Å². The first kappa shape index (κ1) is 14.9. The normalized spacial score (nSPS) is 15.5. The number of hydrogen-bond donors (Lipinski definition) is 1. The van der Waals surface area contributed by atoms with E-state index in [4.69, 9.17) is 4.43 Å². The molecule has 0 aromatic rings. The molecule has 2 nitrogen and oxygen atoms in total. The summed E-state index contributed by atoms with van der Waals surface area (Å²) in [5.41, 5.74) is 0. The first-order valence-corrected chi connectivity index (χ1v) is 8.50. The molecule has 0 aliphatic rings. The molecule has 0 amide bonds. The molecule has 90 valence electrons. The van der Waals surface area contributed by atoms with Gasteiger partial charge in [0.25, 0.3) is 0 Å². The lowest BCUT2D eigenvalue weighted by Crippen LogP contribution is -2.46. The summed E-state index contributed by atoms with van der Waals surface area (Å²) in [6, 6.07) is 0. The maximum Gasteiger partial charge on any atom is 0.192 e. The number of rotatable bonds is 6. The fraction of sp³-hybridized carbons (Fsp3) is 0.833. The average Bonchev–Trinajstić information content (AvgIpc) is 2.13. The highest BCUT2D eigenvalue weighted by molar-refractivity contribution is 6.74. The molecule has 0 fully saturated rings. The van der Waals surface area contributed by atoms with Crippen molar-refractivity contribution >= 4 is 8.32 Å². The van der Waals surface area contributed by atoms with Crippen LogP contribution in [0.4, 0.5) is 0 Å². The van der Waals surface area contributed by atoms with E-state index in [-0.39, 0.29) is 5.04 Å². The van der Waals surface area contributed by atoms with E-state index in [1.165, 1.54) is 6.08 Å². The second kappa shape index (κ2) is 5.28. The number of aliphatic hydroxyl groups is 1. The van der Waals surface area contributed by atoms with E-state index in [1.54, 1.807) is 0 Å². The summed E-state index contributed by atoms with van der Waals surface area (Å²) in [5.74, 6) is 0.583. The maximum atomic E-state index is 9.40. The summed E-state index contributed by atoms with van der Waals surface area (Å²) in [6.07, 6.45) is 0.979. The largest absolute Gasteiger partial charge is 0.414 e. The van der Waals surface area contributed by atoms with Gasteiger partial charge in [0.05, 0.1) is 12.7 Å². The van der Waals surface area contributed by atoms with E-state index in [1.807, 2.05) is 0 Å². The topological polar surface area (TPSA) is 29.5 Å². The zero-order valence-electron chi connectivity index (χ0n) is 11.0. The molecule has 0 rings (SSSR count). The second-order valence-corrected chi connectivity index (χ2v) is 10.1. The van der Waals surface area contributed by atoms with Crippen LogP contribution in [0.25, 0.3) is 0 Å². The maximum absolute atomic E-state index is 9.40. The Balaban J connectivity index is 4.47. The standard InChI is InChI=1S/C12H26O2Si/c1-8-11(13)9-14-15(6,7)12(4,5)10(2)3/h8,10-11,13H,1,9H2,2-7H3/t11-/m1/s1. The third-order valence-electron chi connectivity index (χ3n) is 3.88. The number of aliphatic hydroxyl groups excluding tert-OH is 1. The van der Waals surface area contributed by atoms with Crippen LogP contribution in [-0.4, -0.2) is 26.1 Å². The monoisotopic (exact) mass is 230 g/mol. The molecular weight excluding hydrogens is 204 g/mol. The lowest BCUT2D eigenvalue weighted by Gasteiger charge is -2.42. The van der Waals surface area contributed by atoms with Gasteiger partial charge in [0, 0.05) is 0 Å². The van der Waals surface area contributed by atoms with Crippen LogP contribution >= 0.6 is 0 Å². The molecule has 3 heteroatoms. The minimum Gasteiger partial charge on any atom is -0.414 e. The van der Waals surface area contributed by atoms with E-state index >= 15 is 0 Å². The highest BCUT2D eigenvalue weighted by atomic mass is 28.4. The molecule has 0 spiro atoms. The quantitative estimate of drug-likeness (QED) is 0.561. The molecule has 1 N–H and O–H groups in total. The summed E-state index contributed by atoms with van der Waals surface area (Å²) in [5, 5.41) is 9.61. The van der Waals surface area contributed by atoms with Crippen molar-refractivity contribution in [1.82, 2.24) is 0 Å². The zero-order chi connectivity index (χ0) is 12.3. The minimum atomic E-state index is -1.78. The molecular formula is C12H26O2Si. The van der Waals surface area contributed by atoms with E-state index in [0.717, 1.165) is 0 Å². The van der Waals surface area contributed by atoms with Gasteiger partial charge < -0.3 is 9.53 Å². The summed E-state index contributed by atoms with van der Waals surface area (Å²) in [4.78, 5) is 0. The Morgan fingerprint density at radius 3 is 2.20 bits per heavy atom. The van der Waals surface area contributed by atoms with Crippen molar-refractivity contribution in [1.29, 1.82) is 0 Å². The van der Waals surface area contributed by atoms with Gasteiger partial charge >= 0.3 is 0 Å². The van der Waals surface area contributed by atoms with Crippen LogP contribution in [0, 0.1) is 5.92 Å². The van der Waals surface area contributed by atoms with E-state index in [2.05, 4.69) is 47.4 Å². The third kappa shape index (κ3) is 3.74. The molecule has 0 aliphatic heterocycles. The Hall–Kier alpha value is -0.123. The molecule has 0 aromatic carbocycles. The fourth-order valence-corrected chi connectivity index (χ4v) is 3.59. The molecule has 0 radical (unpaired) electrons. The molecule has 0 bridgehead atoms. The van der Waals surface area contributed by atoms with Gasteiger partial charge in [-0.2, -0.15) is 0 Å². The van der Waals surface area contributed by atoms with Gasteiger partial charge in [-0.1, -0.05) is 33.8 Å². The van der Waals surface area contributed by atoms with Crippen LogP contribution in [-0.2, 0) is 4.43 Å². The molecule has 0 saturated carbocycles. The fourth-order valence-electron chi connectivity index (χ4n) is 1.24. The van der Waals surface area contributed by atoms with Crippen LogP contribution < -0.4 is 0 Å². The molecule has 0 saturated heterocycles. The first-order chi connectivity index (χ1) is 6.65. The van der Waals surface area contributed by atoms with Crippen LogP contribution in [0.15, 0.2) is 12.7 Å². The van der Waals surface area contributed by atoms with Gasteiger partial charge in [-0.15, -0.1) is 6.58 Å². The Bertz CT molecular complexity index is 210. The van der Waals surface area contributed by atoms with Crippen molar-refractivity contribution in [2.75, 3.05) is 6.61 Å². The van der Waals surface area contributed by atoms with Gasteiger partial charge in [0.2, 0.25) is 0 Å². The van der Waals surface area contributed by atoms with Crippen molar-refractivity contribution in [3.8, 4) is 0 Å². The lowest BCUT2D eigenvalue weighted by atomic mass is 9.99. The van der Waals surface area contributed by atoms with Gasteiger partial charge in [0.1, 0.15) is 0 Å². The molecule has 1 atom stereocenters. The molecule has 15 heavy (non-hydrogen) atoms.